The first-order valence-corrected chi connectivity index (χ1v) is 12.6. The minimum atomic E-state index is -0.504. The number of amides is 1. The van der Waals surface area contributed by atoms with E-state index in [1.165, 1.54) is 0 Å². The van der Waals surface area contributed by atoms with Gasteiger partial charge < -0.3 is 24.6 Å². The Morgan fingerprint density at radius 3 is 2.69 bits per heavy atom. The predicted octanol–water partition coefficient (Wildman–Crippen LogP) is 5.25. The molecule has 0 saturated carbocycles. The summed E-state index contributed by atoms with van der Waals surface area (Å²) in [5.74, 6) is 1.01. The summed E-state index contributed by atoms with van der Waals surface area (Å²) in [6, 6.07) is 8.38. The average Bonchev–Trinajstić information content (AvgIpc) is 3.41. The molecule has 9 heteroatoms. The number of aliphatic hydroxyl groups excluding tert-OH is 1. The van der Waals surface area contributed by atoms with Gasteiger partial charge in [0.25, 0.3) is 5.91 Å². The lowest BCUT2D eigenvalue weighted by molar-refractivity contribution is 0.0732. The van der Waals surface area contributed by atoms with Crippen molar-refractivity contribution in [3.63, 3.8) is 0 Å². The van der Waals surface area contributed by atoms with E-state index in [9.17, 15) is 15.0 Å². The summed E-state index contributed by atoms with van der Waals surface area (Å²) in [5.41, 5.74) is 3.43. The van der Waals surface area contributed by atoms with Crippen LogP contribution in [0.5, 0.6) is 17.2 Å². The molecule has 1 aliphatic heterocycles. The van der Waals surface area contributed by atoms with E-state index in [4.69, 9.17) is 21.1 Å². The van der Waals surface area contributed by atoms with Crippen molar-refractivity contribution < 1.29 is 24.5 Å². The van der Waals surface area contributed by atoms with Crippen LogP contribution in [0.1, 0.15) is 65.8 Å². The number of aromatic nitrogens is 2. The van der Waals surface area contributed by atoms with E-state index in [0.717, 1.165) is 30.4 Å². The highest BCUT2D eigenvalue weighted by molar-refractivity contribution is 6.31. The Balaban J connectivity index is 1.79. The first-order valence-electron chi connectivity index (χ1n) is 12.2. The lowest BCUT2D eigenvalue weighted by Crippen LogP contribution is -2.31. The van der Waals surface area contributed by atoms with Crippen LogP contribution < -0.4 is 9.47 Å². The van der Waals surface area contributed by atoms with Gasteiger partial charge in [-0.2, -0.15) is 5.10 Å². The molecule has 1 atom stereocenters. The third-order valence-corrected chi connectivity index (χ3v) is 6.87. The number of nitrogens with one attached hydrogen (secondary N) is 1. The van der Waals surface area contributed by atoms with Crippen molar-refractivity contribution in [2.24, 2.45) is 0 Å². The SMILES string of the molecule is CCCCCOc1ccc(C2c3c(-c4cc(Cl)c(C)cc4O)n[nH]c3C(=O)N2CCCO)cc1OC. The first-order chi connectivity index (χ1) is 17.4. The number of halogens is 1. The molecule has 1 amide bonds. The molecule has 0 saturated heterocycles. The van der Waals surface area contributed by atoms with Crippen molar-refractivity contribution in [2.45, 2.75) is 45.6 Å². The normalized spacial score (nSPS) is 14.9. The van der Waals surface area contributed by atoms with E-state index in [1.807, 2.05) is 25.1 Å². The fraction of sp³-hybridized carbons (Fsp3) is 0.407. The maximum atomic E-state index is 13.4. The van der Waals surface area contributed by atoms with Gasteiger partial charge >= 0.3 is 0 Å². The Morgan fingerprint density at radius 1 is 1.17 bits per heavy atom. The lowest BCUT2D eigenvalue weighted by Gasteiger charge is -2.27. The smallest absolute Gasteiger partial charge is 0.273 e. The molecule has 0 spiro atoms. The van der Waals surface area contributed by atoms with Crippen LogP contribution in [0.25, 0.3) is 11.3 Å². The lowest BCUT2D eigenvalue weighted by atomic mass is 9.95. The van der Waals surface area contributed by atoms with Crippen LogP contribution in [0, 0.1) is 6.92 Å². The quantitative estimate of drug-likeness (QED) is 0.302. The van der Waals surface area contributed by atoms with Gasteiger partial charge in [0.1, 0.15) is 17.1 Å². The van der Waals surface area contributed by atoms with Crippen molar-refractivity contribution in [1.82, 2.24) is 15.1 Å². The van der Waals surface area contributed by atoms with Gasteiger partial charge in [-0.3, -0.25) is 9.89 Å². The number of hydrogen-bond acceptors (Lipinski definition) is 6. The molecule has 1 aliphatic rings. The standard InChI is InChI=1S/C27H32ClN3O5/c1-4-5-6-12-36-21-9-8-17(14-22(21)35-3)26-23-24(18-15-19(28)16(2)13-20(18)33)29-30-25(23)27(34)31(26)10-7-11-32/h8-9,13-15,26,32-33H,4-7,10-12H2,1-3H3,(H,29,30). The molecule has 3 N–H and O–H groups in total. The van der Waals surface area contributed by atoms with Crippen molar-refractivity contribution in [3.8, 4) is 28.5 Å². The van der Waals surface area contributed by atoms with Crippen LogP contribution in [0.2, 0.25) is 5.02 Å². The number of unbranched alkanes of at least 4 members (excludes halogenated alkanes) is 2. The van der Waals surface area contributed by atoms with Gasteiger partial charge in [-0.15, -0.1) is 0 Å². The van der Waals surface area contributed by atoms with Gasteiger partial charge in [-0.25, -0.2) is 0 Å². The van der Waals surface area contributed by atoms with Gasteiger partial charge in [0.05, 0.1) is 19.8 Å². The van der Waals surface area contributed by atoms with E-state index >= 15 is 0 Å². The second-order valence-corrected chi connectivity index (χ2v) is 9.33. The second-order valence-electron chi connectivity index (χ2n) is 8.92. The number of carbonyl (C=O) groups excluding carboxylic acids is 1. The van der Waals surface area contributed by atoms with Gasteiger partial charge in [-0.05, 0) is 55.2 Å². The summed E-state index contributed by atoms with van der Waals surface area (Å²) in [6.07, 6.45) is 3.58. The molecule has 36 heavy (non-hydrogen) atoms. The van der Waals surface area contributed by atoms with Crippen LogP contribution in [-0.2, 0) is 0 Å². The Kier molecular flexibility index (Phi) is 8.06. The number of carbonyl (C=O) groups is 1. The number of fused-ring (bicyclic) bond motifs is 1. The number of aliphatic hydroxyl groups is 1. The van der Waals surface area contributed by atoms with Gasteiger partial charge in [0, 0.05) is 29.3 Å². The van der Waals surface area contributed by atoms with Crippen molar-refractivity contribution >= 4 is 17.5 Å². The Hall–Kier alpha value is -3.23. The third-order valence-electron chi connectivity index (χ3n) is 6.46. The summed E-state index contributed by atoms with van der Waals surface area (Å²) >= 11 is 6.37. The molecular weight excluding hydrogens is 482 g/mol. The van der Waals surface area contributed by atoms with Crippen molar-refractivity contribution in [2.75, 3.05) is 26.9 Å². The molecule has 1 aromatic heterocycles. The molecule has 1 unspecified atom stereocenters. The molecule has 0 radical (unpaired) electrons. The number of hydrogen-bond donors (Lipinski definition) is 3. The molecule has 4 rings (SSSR count). The molecule has 0 fully saturated rings. The Morgan fingerprint density at radius 2 is 1.97 bits per heavy atom. The van der Waals surface area contributed by atoms with Crippen LogP contribution in [-0.4, -0.2) is 58.1 Å². The second kappa shape index (κ2) is 11.2. The van der Waals surface area contributed by atoms with Crippen LogP contribution >= 0.6 is 11.6 Å². The largest absolute Gasteiger partial charge is 0.507 e. The summed E-state index contributed by atoms with van der Waals surface area (Å²) in [5, 5.41) is 27.9. The molecule has 2 aromatic carbocycles. The number of aromatic hydroxyl groups is 1. The molecule has 0 bridgehead atoms. The van der Waals surface area contributed by atoms with Gasteiger partial charge in [0.15, 0.2) is 11.5 Å². The number of aromatic amines is 1. The first kappa shape index (κ1) is 25.9. The van der Waals surface area contributed by atoms with E-state index in [2.05, 4.69) is 17.1 Å². The highest BCUT2D eigenvalue weighted by atomic mass is 35.5. The zero-order chi connectivity index (χ0) is 25.8. The maximum absolute atomic E-state index is 13.4. The fourth-order valence-corrected chi connectivity index (χ4v) is 4.75. The number of aryl methyl sites for hydroxylation is 1. The zero-order valence-corrected chi connectivity index (χ0v) is 21.6. The number of methoxy groups -OCH3 is 1. The average molecular weight is 514 g/mol. The number of H-pyrrole nitrogens is 1. The van der Waals surface area contributed by atoms with Crippen molar-refractivity contribution in [3.05, 3.63) is 57.7 Å². The number of phenols is 1. The van der Waals surface area contributed by atoms with E-state index in [-0.39, 0.29) is 18.3 Å². The van der Waals surface area contributed by atoms with Gasteiger partial charge in [0.2, 0.25) is 0 Å². The topological polar surface area (TPSA) is 108 Å². The predicted molar refractivity (Wildman–Crippen MR) is 138 cm³/mol. The van der Waals surface area contributed by atoms with Gasteiger partial charge in [-0.1, -0.05) is 37.4 Å². The summed E-state index contributed by atoms with van der Waals surface area (Å²) in [6.45, 7) is 4.85. The monoisotopic (exact) mass is 513 g/mol. The zero-order valence-electron chi connectivity index (χ0n) is 20.8. The molecular formula is C27H32ClN3O5. The fourth-order valence-electron chi connectivity index (χ4n) is 4.58. The van der Waals surface area contributed by atoms with Crippen molar-refractivity contribution in [1.29, 1.82) is 0 Å². The molecule has 8 nitrogen and oxygen atoms in total. The highest BCUT2D eigenvalue weighted by Crippen LogP contribution is 2.46. The molecule has 3 aromatic rings. The molecule has 192 valence electrons. The van der Waals surface area contributed by atoms with E-state index in [0.29, 0.717) is 58.6 Å². The number of rotatable bonds is 11. The summed E-state index contributed by atoms with van der Waals surface area (Å²) in [4.78, 5) is 15.1. The van der Waals surface area contributed by atoms with E-state index < -0.39 is 6.04 Å². The highest BCUT2D eigenvalue weighted by Gasteiger charge is 2.42. The minimum Gasteiger partial charge on any atom is -0.507 e. The number of phenolic OH excluding ortho intramolecular Hbond substituents is 1. The van der Waals surface area contributed by atoms with Crippen LogP contribution in [0.15, 0.2) is 30.3 Å². The van der Waals surface area contributed by atoms with Crippen LogP contribution in [0.4, 0.5) is 0 Å². The van der Waals surface area contributed by atoms with E-state index in [1.54, 1.807) is 24.1 Å². The summed E-state index contributed by atoms with van der Waals surface area (Å²) in [7, 11) is 1.59. The molecule has 0 aliphatic carbocycles. The third kappa shape index (κ3) is 4.88. The minimum absolute atomic E-state index is 0.0274. The number of ether oxygens (including phenoxy) is 2. The Bertz CT molecular complexity index is 1240. The van der Waals surface area contributed by atoms with Crippen LogP contribution in [0.3, 0.4) is 0 Å². The number of benzene rings is 2. The Labute approximate surface area is 215 Å². The maximum Gasteiger partial charge on any atom is 0.273 e. The summed E-state index contributed by atoms with van der Waals surface area (Å²) < 4.78 is 11.6. The molecule has 2 heterocycles. The number of nitrogens with zero attached hydrogens (tertiary/aromatic N) is 2.